The van der Waals surface area contributed by atoms with Gasteiger partial charge in [0.15, 0.2) is 0 Å². The van der Waals surface area contributed by atoms with Crippen molar-refractivity contribution in [1.29, 1.82) is 0 Å². The van der Waals surface area contributed by atoms with Gasteiger partial charge in [0.2, 0.25) is 0 Å². The van der Waals surface area contributed by atoms with E-state index in [1.165, 1.54) is 23.3 Å². The monoisotopic (exact) mass is 265 g/mol. The zero-order valence-corrected chi connectivity index (χ0v) is 12.1. The van der Waals surface area contributed by atoms with Crippen LogP contribution < -0.4 is 5.32 Å². The summed E-state index contributed by atoms with van der Waals surface area (Å²) in [6.07, 6.45) is 3.53. The van der Waals surface area contributed by atoms with Crippen LogP contribution in [0.15, 0.2) is 29.2 Å². The molecular formula is C15H23NOS. The minimum Gasteiger partial charge on any atom is -0.394 e. The van der Waals surface area contributed by atoms with Crippen LogP contribution in [0.25, 0.3) is 0 Å². The SMILES string of the molecule is Cc1cccc(SCCC(C)(CO)NC2CC2)c1. The lowest BCUT2D eigenvalue weighted by Gasteiger charge is -2.28. The van der Waals surface area contributed by atoms with Crippen LogP contribution in [0, 0.1) is 6.92 Å². The standard InChI is InChI=1S/C15H23NOS/c1-12-4-3-5-14(10-12)18-9-8-15(2,11-17)16-13-6-7-13/h3-5,10,13,16-17H,6-9,11H2,1-2H3. The zero-order chi connectivity index (χ0) is 13.0. The van der Waals surface area contributed by atoms with Gasteiger partial charge >= 0.3 is 0 Å². The molecule has 0 heterocycles. The van der Waals surface area contributed by atoms with Crippen molar-refractivity contribution < 1.29 is 5.11 Å². The third-order valence-electron chi connectivity index (χ3n) is 3.39. The van der Waals surface area contributed by atoms with Crippen LogP contribution in [-0.4, -0.2) is 29.0 Å². The Morgan fingerprint density at radius 2 is 2.22 bits per heavy atom. The van der Waals surface area contributed by atoms with E-state index in [-0.39, 0.29) is 12.1 Å². The van der Waals surface area contributed by atoms with Gasteiger partial charge in [0.1, 0.15) is 0 Å². The Kier molecular flexibility index (Phi) is 4.71. The third-order valence-corrected chi connectivity index (χ3v) is 4.39. The largest absolute Gasteiger partial charge is 0.394 e. The highest BCUT2D eigenvalue weighted by Crippen LogP contribution is 2.26. The van der Waals surface area contributed by atoms with Crippen molar-refractivity contribution in [1.82, 2.24) is 5.32 Å². The first-order chi connectivity index (χ1) is 8.61. The molecule has 2 rings (SSSR count). The molecule has 3 heteroatoms. The number of aliphatic hydroxyl groups is 1. The van der Waals surface area contributed by atoms with Crippen LogP contribution in [0.3, 0.4) is 0 Å². The summed E-state index contributed by atoms with van der Waals surface area (Å²) < 4.78 is 0. The van der Waals surface area contributed by atoms with Gasteiger partial charge in [0.05, 0.1) is 6.61 Å². The molecule has 2 N–H and O–H groups in total. The van der Waals surface area contributed by atoms with Gasteiger partial charge in [-0.2, -0.15) is 0 Å². The molecule has 1 atom stereocenters. The van der Waals surface area contributed by atoms with Gasteiger partial charge in [0, 0.05) is 16.5 Å². The molecular weight excluding hydrogens is 242 g/mol. The van der Waals surface area contributed by atoms with E-state index < -0.39 is 0 Å². The maximum Gasteiger partial charge on any atom is 0.0610 e. The maximum absolute atomic E-state index is 9.53. The van der Waals surface area contributed by atoms with Crippen molar-refractivity contribution in [3.8, 4) is 0 Å². The minimum atomic E-state index is -0.113. The van der Waals surface area contributed by atoms with E-state index in [9.17, 15) is 5.11 Å². The lowest BCUT2D eigenvalue weighted by atomic mass is 10.0. The van der Waals surface area contributed by atoms with E-state index in [0.29, 0.717) is 6.04 Å². The first kappa shape index (κ1) is 13.9. The fourth-order valence-corrected chi connectivity index (χ4v) is 3.25. The Bertz CT molecular complexity index is 392. The number of hydrogen-bond donors (Lipinski definition) is 2. The molecule has 18 heavy (non-hydrogen) atoms. The van der Waals surface area contributed by atoms with Crippen LogP contribution >= 0.6 is 11.8 Å². The van der Waals surface area contributed by atoms with Crippen LogP contribution in [0.2, 0.25) is 0 Å². The second kappa shape index (κ2) is 6.09. The predicted molar refractivity (Wildman–Crippen MR) is 78.2 cm³/mol. The Hall–Kier alpha value is -0.510. The summed E-state index contributed by atoms with van der Waals surface area (Å²) >= 11 is 1.87. The van der Waals surface area contributed by atoms with E-state index in [1.807, 2.05) is 11.8 Å². The number of rotatable bonds is 7. The quantitative estimate of drug-likeness (QED) is 0.743. The summed E-state index contributed by atoms with van der Waals surface area (Å²) in [6.45, 7) is 4.47. The van der Waals surface area contributed by atoms with Gasteiger partial charge in [-0.3, -0.25) is 0 Å². The summed E-state index contributed by atoms with van der Waals surface area (Å²) in [6, 6.07) is 9.24. The van der Waals surface area contributed by atoms with Crippen LogP contribution in [0.1, 0.15) is 31.7 Å². The van der Waals surface area contributed by atoms with Crippen molar-refractivity contribution in [3.63, 3.8) is 0 Å². The Labute approximate surface area is 114 Å². The molecule has 1 fully saturated rings. The third kappa shape index (κ3) is 4.30. The lowest BCUT2D eigenvalue weighted by Crippen LogP contribution is -2.47. The predicted octanol–water partition coefficient (Wildman–Crippen LogP) is 2.98. The summed E-state index contributed by atoms with van der Waals surface area (Å²) in [4.78, 5) is 1.32. The van der Waals surface area contributed by atoms with Gasteiger partial charge in [-0.05, 0) is 51.0 Å². The van der Waals surface area contributed by atoms with Gasteiger partial charge in [-0.1, -0.05) is 17.7 Å². The second-order valence-electron chi connectivity index (χ2n) is 5.55. The molecule has 0 saturated heterocycles. The van der Waals surface area contributed by atoms with Crippen LogP contribution in [-0.2, 0) is 0 Å². The van der Waals surface area contributed by atoms with Crippen LogP contribution in [0.4, 0.5) is 0 Å². The molecule has 0 aromatic heterocycles. The number of benzene rings is 1. The van der Waals surface area contributed by atoms with E-state index in [1.54, 1.807) is 0 Å². The molecule has 0 aliphatic heterocycles. The normalized spacial score (nSPS) is 18.6. The highest BCUT2D eigenvalue weighted by molar-refractivity contribution is 7.99. The van der Waals surface area contributed by atoms with Crippen molar-refractivity contribution in [2.24, 2.45) is 0 Å². The first-order valence-electron chi connectivity index (χ1n) is 6.69. The van der Waals surface area contributed by atoms with Crippen molar-refractivity contribution >= 4 is 11.8 Å². The Morgan fingerprint density at radius 1 is 1.44 bits per heavy atom. The highest BCUT2D eigenvalue weighted by atomic mass is 32.2. The Balaban J connectivity index is 1.79. The number of hydrogen-bond acceptors (Lipinski definition) is 3. The van der Waals surface area contributed by atoms with E-state index in [4.69, 9.17) is 0 Å². The molecule has 1 aliphatic rings. The van der Waals surface area contributed by atoms with Gasteiger partial charge in [-0.15, -0.1) is 11.8 Å². The van der Waals surface area contributed by atoms with Crippen molar-refractivity contribution in [2.75, 3.05) is 12.4 Å². The summed E-state index contributed by atoms with van der Waals surface area (Å²) in [7, 11) is 0. The number of aryl methyl sites for hydroxylation is 1. The second-order valence-corrected chi connectivity index (χ2v) is 6.72. The van der Waals surface area contributed by atoms with Gasteiger partial charge < -0.3 is 10.4 Å². The number of nitrogens with one attached hydrogen (secondary N) is 1. The average molecular weight is 265 g/mol. The lowest BCUT2D eigenvalue weighted by molar-refractivity contribution is 0.169. The molecule has 0 bridgehead atoms. The molecule has 1 aromatic rings. The molecule has 0 radical (unpaired) electrons. The maximum atomic E-state index is 9.53. The average Bonchev–Trinajstić information content (AvgIpc) is 3.13. The van der Waals surface area contributed by atoms with Crippen molar-refractivity contribution in [3.05, 3.63) is 29.8 Å². The Morgan fingerprint density at radius 3 is 2.83 bits per heavy atom. The molecule has 100 valence electrons. The molecule has 0 spiro atoms. The number of aliphatic hydroxyl groups excluding tert-OH is 1. The summed E-state index contributed by atoms with van der Waals surface area (Å²) in [5, 5.41) is 13.1. The van der Waals surface area contributed by atoms with Gasteiger partial charge in [-0.25, -0.2) is 0 Å². The number of thioether (sulfide) groups is 1. The summed E-state index contributed by atoms with van der Waals surface area (Å²) in [5.74, 6) is 1.04. The molecule has 1 aromatic carbocycles. The van der Waals surface area contributed by atoms with E-state index in [2.05, 4.69) is 43.4 Å². The van der Waals surface area contributed by atoms with Crippen molar-refractivity contribution in [2.45, 2.75) is 49.6 Å². The molecule has 1 saturated carbocycles. The molecule has 0 amide bonds. The summed E-state index contributed by atoms with van der Waals surface area (Å²) in [5.41, 5.74) is 1.19. The van der Waals surface area contributed by atoms with Crippen LogP contribution in [0.5, 0.6) is 0 Å². The topological polar surface area (TPSA) is 32.3 Å². The van der Waals surface area contributed by atoms with E-state index in [0.717, 1.165) is 12.2 Å². The molecule has 1 unspecified atom stereocenters. The fraction of sp³-hybridized carbons (Fsp3) is 0.600. The zero-order valence-electron chi connectivity index (χ0n) is 11.3. The molecule has 1 aliphatic carbocycles. The fourth-order valence-electron chi connectivity index (χ4n) is 2.02. The first-order valence-corrected chi connectivity index (χ1v) is 7.68. The minimum absolute atomic E-state index is 0.113. The smallest absolute Gasteiger partial charge is 0.0610 e. The van der Waals surface area contributed by atoms with Gasteiger partial charge in [0.25, 0.3) is 0 Å². The molecule has 2 nitrogen and oxygen atoms in total. The highest BCUT2D eigenvalue weighted by Gasteiger charge is 2.31. The van der Waals surface area contributed by atoms with E-state index >= 15 is 0 Å².